The molecule has 112 valence electrons. The molecule has 2 rings (SSSR count). The summed E-state index contributed by atoms with van der Waals surface area (Å²) >= 11 is 6.16. The third kappa shape index (κ3) is 4.73. The van der Waals surface area contributed by atoms with E-state index in [0.29, 0.717) is 17.3 Å². The van der Waals surface area contributed by atoms with Crippen LogP contribution in [0.5, 0.6) is 11.5 Å². The monoisotopic (exact) mass is 304 g/mol. The van der Waals surface area contributed by atoms with Gasteiger partial charge in [0, 0.05) is 35.6 Å². The summed E-state index contributed by atoms with van der Waals surface area (Å²) in [5.74, 6) is 1.44. The maximum atomic E-state index is 6.16. The number of hydrogen-bond acceptors (Lipinski definition) is 3. The van der Waals surface area contributed by atoms with Gasteiger partial charge in [-0.15, -0.1) is 0 Å². The molecule has 0 bridgehead atoms. The molecule has 1 aromatic carbocycles. The smallest absolute Gasteiger partial charge is 0.146 e. The van der Waals surface area contributed by atoms with Crippen LogP contribution in [0.2, 0.25) is 5.02 Å². The number of ether oxygens (including phenoxy) is 1. The average Bonchev–Trinajstić information content (AvgIpc) is 2.39. The second-order valence-corrected chi connectivity index (χ2v) is 6.48. The minimum atomic E-state index is 0.0343. The lowest BCUT2D eigenvalue weighted by molar-refractivity contribution is 0.413. The van der Waals surface area contributed by atoms with Gasteiger partial charge in [0.05, 0.1) is 5.02 Å². The van der Waals surface area contributed by atoms with E-state index in [2.05, 4.69) is 31.1 Å². The number of para-hydroxylation sites is 1. The fourth-order valence-electron chi connectivity index (χ4n) is 1.80. The molecular formula is C17H21ClN2O. The van der Waals surface area contributed by atoms with Crippen LogP contribution in [0.1, 0.15) is 32.0 Å². The number of halogens is 1. The first-order valence-corrected chi connectivity index (χ1v) is 7.36. The number of aromatic nitrogens is 1. The van der Waals surface area contributed by atoms with Crippen LogP contribution < -0.4 is 10.1 Å². The normalized spacial score (nSPS) is 11.5. The number of nitrogens with zero attached hydrogens (tertiary/aromatic N) is 1. The van der Waals surface area contributed by atoms with E-state index in [9.17, 15) is 0 Å². The topological polar surface area (TPSA) is 34.1 Å². The summed E-state index contributed by atoms with van der Waals surface area (Å²) < 4.78 is 5.97. The summed E-state index contributed by atoms with van der Waals surface area (Å²) in [6.07, 6.45) is 1.85. The molecule has 0 fully saturated rings. The van der Waals surface area contributed by atoms with Crippen LogP contribution in [-0.2, 0) is 6.54 Å². The van der Waals surface area contributed by atoms with Gasteiger partial charge in [0.15, 0.2) is 0 Å². The number of hydrogen-bond donors (Lipinski definition) is 1. The van der Waals surface area contributed by atoms with Crippen LogP contribution in [0.4, 0.5) is 0 Å². The minimum Gasteiger partial charge on any atom is -0.455 e. The lowest BCUT2D eigenvalue weighted by atomic mass is 10.1. The van der Waals surface area contributed by atoms with E-state index in [1.807, 2.05) is 43.5 Å². The zero-order valence-corrected chi connectivity index (χ0v) is 13.7. The Kier molecular flexibility index (Phi) is 4.86. The maximum Gasteiger partial charge on any atom is 0.146 e. The van der Waals surface area contributed by atoms with Crippen molar-refractivity contribution in [3.05, 3.63) is 52.8 Å². The highest BCUT2D eigenvalue weighted by atomic mass is 35.5. The molecule has 0 radical (unpaired) electrons. The predicted octanol–water partition coefficient (Wildman–Crippen LogP) is 4.72. The summed E-state index contributed by atoms with van der Waals surface area (Å²) in [5, 5.41) is 4.04. The van der Waals surface area contributed by atoms with Crippen LogP contribution >= 0.6 is 11.6 Å². The van der Waals surface area contributed by atoms with Gasteiger partial charge in [0.2, 0.25) is 0 Å². The SMILES string of the molecule is Cc1cc(Oc2ccccc2Cl)c(CNC(C)(C)C)cn1. The number of aryl methyl sites for hydroxylation is 1. The molecule has 0 saturated carbocycles. The van der Waals surface area contributed by atoms with Crippen molar-refractivity contribution in [2.45, 2.75) is 39.8 Å². The molecule has 0 spiro atoms. The first-order valence-electron chi connectivity index (χ1n) is 6.98. The summed E-state index contributed by atoms with van der Waals surface area (Å²) in [4.78, 5) is 4.35. The van der Waals surface area contributed by atoms with Crippen molar-refractivity contribution in [3.63, 3.8) is 0 Å². The van der Waals surface area contributed by atoms with Gasteiger partial charge < -0.3 is 10.1 Å². The lowest BCUT2D eigenvalue weighted by Gasteiger charge is -2.21. The zero-order valence-electron chi connectivity index (χ0n) is 12.9. The molecule has 0 saturated heterocycles. The summed E-state index contributed by atoms with van der Waals surface area (Å²) in [7, 11) is 0. The fourth-order valence-corrected chi connectivity index (χ4v) is 1.97. The van der Waals surface area contributed by atoms with Gasteiger partial charge in [0.1, 0.15) is 11.5 Å². The molecule has 1 heterocycles. The average molecular weight is 305 g/mol. The van der Waals surface area contributed by atoms with E-state index in [1.165, 1.54) is 0 Å². The molecule has 1 aromatic heterocycles. The highest BCUT2D eigenvalue weighted by molar-refractivity contribution is 6.32. The first kappa shape index (κ1) is 15.8. The predicted molar refractivity (Wildman–Crippen MR) is 87.1 cm³/mol. The Bertz CT molecular complexity index is 620. The van der Waals surface area contributed by atoms with Crippen molar-refractivity contribution in [2.24, 2.45) is 0 Å². The molecule has 1 N–H and O–H groups in total. The molecule has 2 aromatic rings. The van der Waals surface area contributed by atoms with Gasteiger partial charge in [-0.2, -0.15) is 0 Å². The Morgan fingerprint density at radius 2 is 1.90 bits per heavy atom. The number of pyridine rings is 1. The molecule has 21 heavy (non-hydrogen) atoms. The van der Waals surface area contributed by atoms with Gasteiger partial charge in [-0.05, 0) is 39.8 Å². The second-order valence-electron chi connectivity index (χ2n) is 6.07. The quantitative estimate of drug-likeness (QED) is 0.887. The third-order valence-electron chi connectivity index (χ3n) is 2.95. The van der Waals surface area contributed by atoms with Crippen LogP contribution in [-0.4, -0.2) is 10.5 Å². The van der Waals surface area contributed by atoms with E-state index in [1.54, 1.807) is 0 Å². The van der Waals surface area contributed by atoms with Crippen LogP contribution in [0.3, 0.4) is 0 Å². The van der Waals surface area contributed by atoms with Crippen molar-refractivity contribution in [1.82, 2.24) is 10.3 Å². The van der Waals surface area contributed by atoms with Crippen molar-refractivity contribution in [1.29, 1.82) is 0 Å². The summed E-state index contributed by atoms with van der Waals surface area (Å²) in [5.41, 5.74) is 1.96. The van der Waals surface area contributed by atoms with Gasteiger partial charge in [-0.1, -0.05) is 23.7 Å². The standard InChI is InChI=1S/C17H21ClN2O/c1-12-9-16(21-15-8-6-5-7-14(15)18)13(10-19-12)11-20-17(2,3)4/h5-10,20H,11H2,1-4H3. The molecular weight excluding hydrogens is 284 g/mol. The third-order valence-corrected chi connectivity index (χ3v) is 3.26. The molecule has 0 unspecified atom stereocenters. The van der Waals surface area contributed by atoms with E-state index in [4.69, 9.17) is 16.3 Å². The number of benzene rings is 1. The Morgan fingerprint density at radius 1 is 1.19 bits per heavy atom. The molecule has 0 amide bonds. The highest BCUT2D eigenvalue weighted by Crippen LogP contribution is 2.31. The lowest BCUT2D eigenvalue weighted by Crippen LogP contribution is -2.35. The van der Waals surface area contributed by atoms with Gasteiger partial charge in [-0.3, -0.25) is 4.98 Å². The molecule has 0 aliphatic heterocycles. The van der Waals surface area contributed by atoms with Gasteiger partial charge in [-0.25, -0.2) is 0 Å². The van der Waals surface area contributed by atoms with E-state index in [-0.39, 0.29) is 5.54 Å². The number of nitrogens with one attached hydrogen (secondary N) is 1. The number of rotatable bonds is 4. The Hall–Kier alpha value is -1.58. The molecule has 4 heteroatoms. The summed E-state index contributed by atoms with van der Waals surface area (Å²) in [6.45, 7) is 9.02. The van der Waals surface area contributed by atoms with Crippen molar-refractivity contribution >= 4 is 11.6 Å². The molecule has 0 atom stereocenters. The van der Waals surface area contributed by atoms with Gasteiger partial charge >= 0.3 is 0 Å². The van der Waals surface area contributed by atoms with E-state index >= 15 is 0 Å². The largest absolute Gasteiger partial charge is 0.455 e. The Labute approximate surface area is 131 Å². The van der Waals surface area contributed by atoms with Gasteiger partial charge in [0.25, 0.3) is 0 Å². The summed E-state index contributed by atoms with van der Waals surface area (Å²) in [6, 6.07) is 9.40. The molecule has 3 nitrogen and oxygen atoms in total. The highest BCUT2D eigenvalue weighted by Gasteiger charge is 2.13. The van der Waals surface area contributed by atoms with Crippen LogP contribution in [0.25, 0.3) is 0 Å². The van der Waals surface area contributed by atoms with Crippen molar-refractivity contribution in [3.8, 4) is 11.5 Å². The Morgan fingerprint density at radius 3 is 2.57 bits per heavy atom. The van der Waals surface area contributed by atoms with Crippen molar-refractivity contribution < 1.29 is 4.74 Å². The Balaban J connectivity index is 2.25. The maximum absolute atomic E-state index is 6.16. The zero-order chi connectivity index (χ0) is 15.5. The van der Waals surface area contributed by atoms with Crippen LogP contribution in [0.15, 0.2) is 36.5 Å². The minimum absolute atomic E-state index is 0.0343. The molecule has 0 aliphatic rings. The van der Waals surface area contributed by atoms with E-state index < -0.39 is 0 Å². The van der Waals surface area contributed by atoms with Crippen molar-refractivity contribution in [2.75, 3.05) is 0 Å². The van der Waals surface area contributed by atoms with E-state index in [0.717, 1.165) is 17.0 Å². The van der Waals surface area contributed by atoms with Crippen LogP contribution in [0, 0.1) is 6.92 Å². The fraction of sp³-hybridized carbons (Fsp3) is 0.353. The second kappa shape index (κ2) is 6.46. The first-order chi connectivity index (χ1) is 9.85. The molecule has 0 aliphatic carbocycles.